The van der Waals surface area contributed by atoms with Crippen molar-refractivity contribution in [3.8, 4) is 0 Å². The van der Waals surface area contributed by atoms with E-state index in [1.165, 1.54) is 6.92 Å². The maximum atomic E-state index is 11.8. The van der Waals surface area contributed by atoms with Gasteiger partial charge in [-0.3, -0.25) is 4.79 Å². The van der Waals surface area contributed by atoms with Crippen molar-refractivity contribution in [3.63, 3.8) is 0 Å². The smallest absolute Gasteiger partial charge is 0.335 e. The quantitative estimate of drug-likeness (QED) is 0.538. The summed E-state index contributed by atoms with van der Waals surface area (Å²) in [5, 5.41) is 9.08. The zero-order valence-electron chi connectivity index (χ0n) is 11.2. The van der Waals surface area contributed by atoms with Gasteiger partial charge < -0.3 is 15.6 Å². The molecule has 0 aliphatic heterocycles. The molecule has 100 valence electrons. The van der Waals surface area contributed by atoms with Gasteiger partial charge in [0.15, 0.2) is 11.9 Å². The standard InChI is InChI=1S/C11H23NO4Si/c1-7(12)10(14)9(6-17(3,4)5)16-11(15)8(2)13/h7-9,13H,6,12H2,1-5H3/t7-,8?,9+/m1/s1. The van der Waals surface area contributed by atoms with Crippen LogP contribution in [0.2, 0.25) is 25.7 Å². The summed E-state index contributed by atoms with van der Waals surface area (Å²) in [4.78, 5) is 23.1. The number of rotatable bonds is 6. The normalized spacial score (nSPS) is 17.1. The highest BCUT2D eigenvalue weighted by Crippen LogP contribution is 2.16. The number of aliphatic hydroxyl groups is 1. The predicted molar refractivity (Wildman–Crippen MR) is 68.4 cm³/mol. The lowest BCUT2D eigenvalue weighted by Gasteiger charge is -2.25. The largest absolute Gasteiger partial charge is 0.453 e. The fourth-order valence-corrected chi connectivity index (χ4v) is 2.69. The molecular weight excluding hydrogens is 238 g/mol. The lowest BCUT2D eigenvalue weighted by atomic mass is 10.1. The Bertz CT molecular complexity index is 284. The van der Waals surface area contributed by atoms with Crippen LogP contribution in [0.1, 0.15) is 13.8 Å². The average Bonchev–Trinajstić information content (AvgIpc) is 2.12. The molecule has 0 rings (SSSR count). The number of Topliss-reactive ketones (excluding diaryl/α,β-unsaturated/α-hetero) is 1. The van der Waals surface area contributed by atoms with Crippen molar-refractivity contribution in [1.29, 1.82) is 0 Å². The molecule has 0 saturated heterocycles. The molecule has 0 amide bonds. The van der Waals surface area contributed by atoms with Crippen molar-refractivity contribution >= 4 is 19.8 Å². The molecule has 0 heterocycles. The Morgan fingerprint density at radius 3 is 2.06 bits per heavy atom. The Balaban J connectivity index is 4.75. The molecule has 0 aromatic rings. The van der Waals surface area contributed by atoms with Crippen LogP contribution in [0.4, 0.5) is 0 Å². The lowest BCUT2D eigenvalue weighted by Crippen LogP contribution is -2.43. The van der Waals surface area contributed by atoms with Gasteiger partial charge in [-0.05, 0) is 19.9 Å². The Morgan fingerprint density at radius 1 is 1.29 bits per heavy atom. The lowest BCUT2D eigenvalue weighted by molar-refractivity contribution is -0.161. The number of ether oxygens (including phenoxy) is 1. The summed E-state index contributed by atoms with van der Waals surface area (Å²) < 4.78 is 5.03. The molecule has 3 N–H and O–H groups in total. The number of nitrogens with two attached hydrogens (primary N) is 1. The Morgan fingerprint density at radius 2 is 1.76 bits per heavy atom. The minimum Gasteiger partial charge on any atom is -0.453 e. The summed E-state index contributed by atoms with van der Waals surface area (Å²) in [6, 6.07) is -0.149. The SMILES string of the molecule is CC(O)C(=O)O[C@@H](C[Si](C)(C)C)C(=O)[C@@H](C)N. The van der Waals surface area contributed by atoms with E-state index in [1.54, 1.807) is 6.92 Å². The fraction of sp³-hybridized carbons (Fsp3) is 0.818. The molecule has 1 unspecified atom stereocenters. The minimum absolute atomic E-state index is 0.290. The molecule has 0 aliphatic carbocycles. The number of aliphatic hydroxyl groups excluding tert-OH is 1. The predicted octanol–water partition coefficient (Wildman–Crippen LogP) is 0.533. The molecule has 3 atom stereocenters. The van der Waals surface area contributed by atoms with Crippen LogP contribution >= 0.6 is 0 Å². The van der Waals surface area contributed by atoms with E-state index in [0.717, 1.165) is 0 Å². The van der Waals surface area contributed by atoms with E-state index in [9.17, 15) is 9.59 Å². The monoisotopic (exact) mass is 261 g/mol. The Kier molecular flexibility index (Phi) is 6.01. The van der Waals surface area contributed by atoms with Gasteiger partial charge in [-0.1, -0.05) is 19.6 Å². The molecule has 0 bridgehead atoms. The van der Waals surface area contributed by atoms with Crippen molar-refractivity contribution in [2.75, 3.05) is 0 Å². The van der Waals surface area contributed by atoms with Crippen LogP contribution < -0.4 is 5.73 Å². The van der Waals surface area contributed by atoms with E-state index in [0.29, 0.717) is 6.04 Å². The molecule has 0 spiro atoms. The van der Waals surface area contributed by atoms with Crippen LogP contribution in [0.5, 0.6) is 0 Å². The molecule has 5 nitrogen and oxygen atoms in total. The van der Waals surface area contributed by atoms with Gasteiger partial charge in [-0.15, -0.1) is 0 Å². The van der Waals surface area contributed by atoms with Gasteiger partial charge in [0.25, 0.3) is 0 Å². The molecule has 0 radical (unpaired) electrons. The van der Waals surface area contributed by atoms with E-state index in [1.807, 2.05) is 0 Å². The molecule has 0 saturated carbocycles. The Hall–Kier alpha value is -0.723. The number of hydrogen-bond donors (Lipinski definition) is 2. The first-order valence-electron chi connectivity index (χ1n) is 5.72. The van der Waals surface area contributed by atoms with Gasteiger partial charge in [0.1, 0.15) is 6.10 Å². The number of carbonyl (C=O) groups is 2. The Labute approximate surface area is 103 Å². The van der Waals surface area contributed by atoms with Crippen molar-refractivity contribution < 1.29 is 19.4 Å². The van der Waals surface area contributed by atoms with Crippen LogP contribution in [-0.4, -0.2) is 43.2 Å². The number of ketones is 1. The summed E-state index contributed by atoms with van der Waals surface area (Å²) in [5.41, 5.74) is 5.52. The minimum atomic E-state index is -1.57. The van der Waals surface area contributed by atoms with E-state index >= 15 is 0 Å². The molecule has 0 aromatic heterocycles. The summed E-state index contributed by atoms with van der Waals surface area (Å²) in [6.45, 7) is 9.10. The van der Waals surface area contributed by atoms with E-state index in [-0.39, 0.29) is 5.78 Å². The highest BCUT2D eigenvalue weighted by Gasteiger charge is 2.31. The van der Waals surface area contributed by atoms with E-state index in [4.69, 9.17) is 15.6 Å². The van der Waals surface area contributed by atoms with Gasteiger partial charge in [-0.25, -0.2) is 4.79 Å². The van der Waals surface area contributed by atoms with Gasteiger partial charge >= 0.3 is 5.97 Å². The van der Waals surface area contributed by atoms with Crippen molar-refractivity contribution in [2.24, 2.45) is 5.73 Å². The number of esters is 1. The summed E-state index contributed by atoms with van der Waals surface area (Å²) in [6.07, 6.45) is -2.05. The molecule has 0 fully saturated rings. The first-order valence-corrected chi connectivity index (χ1v) is 9.43. The maximum Gasteiger partial charge on any atom is 0.335 e. The van der Waals surface area contributed by atoms with Crippen LogP contribution in [0, 0.1) is 0 Å². The number of hydrogen-bond acceptors (Lipinski definition) is 5. The first kappa shape index (κ1) is 16.3. The summed E-state index contributed by atoms with van der Waals surface area (Å²) in [7, 11) is -1.57. The molecule has 6 heteroatoms. The van der Waals surface area contributed by atoms with Gasteiger partial charge in [0.05, 0.1) is 6.04 Å². The van der Waals surface area contributed by atoms with Gasteiger partial charge in [0, 0.05) is 8.07 Å². The third-order valence-electron chi connectivity index (χ3n) is 2.16. The second-order valence-corrected chi connectivity index (χ2v) is 11.1. The first-order chi connectivity index (χ1) is 7.54. The summed E-state index contributed by atoms with van der Waals surface area (Å²) >= 11 is 0. The molecule has 0 aliphatic rings. The van der Waals surface area contributed by atoms with Crippen LogP contribution in [0.3, 0.4) is 0 Å². The van der Waals surface area contributed by atoms with Crippen molar-refractivity contribution in [2.45, 2.75) is 57.8 Å². The zero-order chi connectivity index (χ0) is 13.8. The molecular formula is C11H23NO4Si. The second-order valence-electron chi connectivity index (χ2n) is 5.56. The van der Waals surface area contributed by atoms with Gasteiger partial charge in [0.2, 0.25) is 0 Å². The zero-order valence-corrected chi connectivity index (χ0v) is 12.2. The second kappa shape index (κ2) is 6.27. The third-order valence-corrected chi connectivity index (χ3v) is 3.76. The summed E-state index contributed by atoms with van der Waals surface area (Å²) in [5.74, 6) is -1.07. The highest BCUT2D eigenvalue weighted by atomic mass is 28.3. The molecule has 17 heavy (non-hydrogen) atoms. The average molecular weight is 261 g/mol. The van der Waals surface area contributed by atoms with E-state index in [2.05, 4.69) is 19.6 Å². The van der Waals surface area contributed by atoms with Gasteiger partial charge in [-0.2, -0.15) is 0 Å². The van der Waals surface area contributed by atoms with Crippen LogP contribution in [0.15, 0.2) is 0 Å². The maximum absolute atomic E-state index is 11.8. The third kappa shape index (κ3) is 6.55. The number of carbonyl (C=O) groups excluding carboxylic acids is 2. The van der Waals surface area contributed by atoms with Crippen molar-refractivity contribution in [1.82, 2.24) is 0 Å². The molecule has 0 aromatic carbocycles. The highest BCUT2D eigenvalue weighted by molar-refractivity contribution is 6.76. The van der Waals surface area contributed by atoms with E-state index < -0.39 is 32.3 Å². The van der Waals surface area contributed by atoms with Crippen LogP contribution in [0.25, 0.3) is 0 Å². The topological polar surface area (TPSA) is 89.6 Å². The van der Waals surface area contributed by atoms with Crippen LogP contribution in [-0.2, 0) is 14.3 Å². The van der Waals surface area contributed by atoms with Crippen molar-refractivity contribution in [3.05, 3.63) is 0 Å². The fourth-order valence-electron chi connectivity index (χ4n) is 1.29.